The molecule has 0 unspecified atom stereocenters. The van der Waals surface area contributed by atoms with Crippen molar-refractivity contribution < 1.29 is 19.4 Å². The highest BCUT2D eigenvalue weighted by Crippen LogP contribution is 2.34. The van der Waals surface area contributed by atoms with Crippen molar-refractivity contribution in [1.29, 1.82) is 0 Å². The van der Waals surface area contributed by atoms with Gasteiger partial charge in [-0.1, -0.05) is 12.1 Å². The van der Waals surface area contributed by atoms with E-state index in [-0.39, 0.29) is 18.9 Å². The molecule has 0 bridgehead atoms. The number of amidine groups is 1. The minimum absolute atomic E-state index is 0.259. The molecular weight excluding hydrogens is 360 g/mol. The SMILES string of the molecule is COC(=O)[C@@H]1C[C@H](O)CN1C1=NC(=O)C(=Cc2ccc(SC)cc2)S1. The van der Waals surface area contributed by atoms with Crippen LogP contribution in [0.15, 0.2) is 39.1 Å². The van der Waals surface area contributed by atoms with Crippen molar-refractivity contribution in [3.05, 3.63) is 34.7 Å². The molecule has 0 saturated carbocycles. The summed E-state index contributed by atoms with van der Waals surface area (Å²) >= 11 is 2.87. The number of amides is 1. The summed E-state index contributed by atoms with van der Waals surface area (Å²) in [4.78, 5) is 31.5. The maximum absolute atomic E-state index is 12.2. The number of esters is 1. The molecule has 1 amide bonds. The summed E-state index contributed by atoms with van der Waals surface area (Å²) in [6.07, 6.45) is 3.42. The molecule has 6 nitrogen and oxygen atoms in total. The molecule has 132 valence electrons. The van der Waals surface area contributed by atoms with E-state index < -0.39 is 18.1 Å². The third-order valence-electron chi connectivity index (χ3n) is 4.02. The number of hydrogen-bond acceptors (Lipinski definition) is 7. The molecule has 1 aromatic carbocycles. The van der Waals surface area contributed by atoms with Crippen molar-refractivity contribution in [2.75, 3.05) is 19.9 Å². The molecule has 0 spiro atoms. The number of carbonyl (C=O) groups is 2. The molecule has 2 heterocycles. The summed E-state index contributed by atoms with van der Waals surface area (Å²) < 4.78 is 4.79. The second-order valence-electron chi connectivity index (χ2n) is 5.66. The van der Waals surface area contributed by atoms with E-state index in [0.717, 1.165) is 10.5 Å². The Morgan fingerprint density at radius 1 is 1.44 bits per heavy atom. The summed E-state index contributed by atoms with van der Waals surface area (Å²) in [5.74, 6) is -0.767. The van der Waals surface area contributed by atoms with Gasteiger partial charge >= 0.3 is 5.97 Å². The van der Waals surface area contributed by atoms with E-state index in [1.807, 2.05) is 30.5 Å². The molecule has 2 atom stereocenters. The van der Waals surface area contributed by atoms with Crippen LogP contribution in [0.25, 0.3) is 6.08 Å². The van der Waals surface area contributed by atoms with Crippen LogP contribution in [0.5, 0.6) is 0 Å². The maximum atomic E-state index is 12.2. The highest BCUT2D eigenvalue weighted by atomic mass is 32.2. The van der Waals surface area contributed by atoms with Gasteiger partial charge in [0, 0.05) is 17.9 Å². The number of thioether (sulfide) groups is 2. The van der Waals surface area contributed by atoms with Gasteiger partial charge in [-0.05, 0) is 41.8 Å². The number of methoxy groups -OCH3 is 1. The number of benzene rings is 1. The smallest absolute Gasteiger partial charge is 0.328 e. The Labute approximate surface area is 154 Å². The number of aliphatic hydroxyl groups excluding tert-OH is 1. The molecule has 3 rings (SSSR count). The van der Waals surface area contributed by atoms with Gasteiger partial charge < -0.3 is 14.7 Å². The third kappa shape index (κ3) is 3.91. The molecule has 2 aliphatic rings. The molecule has 0 aliphatic carbocycles. The average molecular weight is 378 g/mol. The Bertz CT molecular complexity index is 746. The summed E-state index contributed by atoms with van der Waals surface area (Å²) in [5, 5.41) is 10.3. The maximum Gasteiger partial charge on any atom is 0.328 e. The molecule has 8 heteroatoms. The fourth-order valence-electron chi connectivity index (χ4n) is 2.76. The lowest BCUT2D eigenvalue weighted by atomic mass is 10.2. The van der Waals surface area contributed by atoms with Crippen LogP contribution >= 0.6 is 23.5 Å². The predicted molar refractivity (Wildman–Crippen MR) is 99.4 cm³/mol. The summed E-state index contributed by atoms with van der Waals surface area (Å²) in [7, 11) is 1.31. The number of β-amino-alcohol motifs (C(OH)–C–C–N with tert-alkyl or cyclic N) is 1. The van der Waals surface area contributed by atoms with Crippen molar-refractivity contribution in [1.82, 2.24) is 4.90 Å². The molecule has 0 radical (unpaired) electrons. The normalized spacial score (nSPS) is 24.8. The van der Waals surface area contributed by atoms with Gasteiger partial charge in [-0.2, -0.15) is 4.99 Å². The lowest BCUT2D eigenvalue weighted by molar-refractivity contribution is -0.144. The van der Waals surface area contributed by atoms with Crippen LogP contribution in [0.3, 0.4) is 0 Å². The zero-order chi connectivity index (χ0) is 18.0. The van der Waals surface area contributed by atoms with Gasteiger partial charge in [0.25, 0.3) is 5.91 Å². The molecular formula is C17H18N2O4S2. The highest BCUT2D eigenvalue weighted by Gasteiger charge is 2.41. The topological polar surface area (TPSA) is 79.2 Å². The van der Waals surface area contributed by atoms with Gasteiger partial charge in [0.15, 0.2) is 5.17 Å². The van der Waals surface area contributed by atoms with E-state index in [1.165, 1.54) is 18.9 Å². The van der Waals surface area contributed by atoms with Crippen molar-refractivity contribution in [2.45, 2.75) is 23.5 Å². The molecule has 1 saturated heterocycles. The number of aliphatic hydroxyl groups is 1. The van der Waals surface area contributed by atoms with E-state index in [9.17, 15) is 14.7 Å². The molecule has 1 fully saturated rings. The second kappa shape index (κ2) is 7.63. The lowest BCUT2D eigenvalue weighted by Crippen LogP contribution is -2.39. The number of ether oxygens (including phenoxy) is 1. The van der Waals surface area contributed by atoms with Crippen molar-refractivity contribution in [3.8, 4) is 0 Å². The highest BCUT2D eigenvalue weighted by molar-refractivity contribution is 8.18. The Balaban J connectivity index is 1.77. The van der Waals surface area contributed by atoms with Crippen molar-refractivity contribution in [2.24, 2.45) is 4.99 Å². The van der Waals surface area contributed by atoms with E-state index >= 15 is 0 Å². The van der Waals surface area contributed by atoms with Crippen LogP contribution in [-0.4, -0.2) is 59.1 Å². The van der Waals surface area contributed by atoms with Crippen LogP contribution in [0.4, 0.5) is 0 Å². The summed E-state index contributed by atoms with van der Waals surface area (Å²) in [6, 6.07) is 7.27. The fraction of sp³-hybridized carbons (Fsp3) is 0.353. The van der Waals surface area contributed by atoms with Gasteiger partial charge in [-0.15, -0.1) is 11.8 Å². The first-order valence-electron chi connectivity index (χ1n) is 7.71. The molecule has 2 aliphatic heterocycles. The number of rotatable bonds is 3. The van der Waals surface area contributed by atoms with Crippen molar-refractivity contribution in [3.63, 3.8) is 0 Å². The van der Waals surface area contributed by atoms with Crippen molar-refractivity contribution >= 4 is 46.6 Å². The van der Waals surface area contributed by atoms with E-state index in [0.29, 0.717) is 10.1 Å². The second-order valence-corrected chi connectivity index (χ2v) is 7.55. The first-order valence-corrected chi connectivity index (χ1v) is 9.75. The number of likely N-dealkylation sites (tertiary alicyclic amines) is 1. The van der Waals surface area contributed by atoms with Crippen LogP contribution in [0.2, 0.25) is 0 Å². The zero-order valence-electron chi connectivity index (χ0n) is 13.8. The van der Waals surface area contributed by atoms with Crippen LogP contribution in [-0.2, 0) is 14.3 Å². The Hall–Kier alpha value is -1.77. The Kier molecular flexibility index (Phi) is 5.51. The van der Waals surface area contributed by atoms with Crippen LogP contribution < -0.4 is 0 Å². The molecule has 1 aromatic rings. The number of aliphatic imine (C=N–C) groups is 1. The number of hydrogen-bond donors (Lipinski definition) is 1. The zero-order valence-corrected chi connectivity index (χ0v) is 15.5. The third-order valence-corrected chi connectivity index (χ3v) is 5.79. The molecule has 0 aromatic heterocycles. The summed E-state index contributed by atoms with van der Waals surface area (Å²) in [6.45, 7) is 0.259. The van der Waals surface area contributed by atoms with Gasteiger partial charge in [0.2, 0.25) is 0 Å². The van der Waals surface area contributed by atoms with Crippen LogP contribution in [0.1, 0.15) is 12.0 Å². The predicted octanol–water partition coefficient (Wildman–Crippen LogP) is 1.99. The molecule has 1 N–H and O–H groups in total. The lowest BCUT2D eigenvalue weighted by Gasteiger charge is -2.22. The van der Waals surface area contributed by atoms with Gasteiger partial charge in [-0.25, -0.2) is 4.79 Å². The fourth-order valence-corrected chi connectivity index (χ4v) is 4.14. The quantitative estimate of drug-likeness (QED) is 0.489. The van der Waals surface area contributed by atoms with E-state index in [4.69, 9.17) is 4.74 Å². The number of carbonyl (C=O) groups excluding carboxylic acids is 2. The van der Waals surface area contributed by atoms with Gasteiger partial charge in [0.1, 0.15) is 6.04 Å². The van der Waals surface area contributed by atoms with E-state index in [2.05, 4.69) is 4.99 Å². The minimum Gasteiger partial charge on any atom is -0.467 e. The Morgan fingerprint density at radius 2 is 2.16 bits per heavy atom. The molecule has 25 heavy (non-hydrogen) atoms. The largest absolute Gasteiger partial charge is 0.467 e. The standard InChI is InChI=1S/C17H18N2O4S2/c1-23-16(22)13-8-11(20)9-19(13)17-18-15(21)14(25-17)7-10-3-5-12(24-2)6-4-10/h3-7,11,13,20H,8-9H2,1-2H3/t11-,13-/m0/s1. The van der Waals surface area contributed by atoms with Crippen LogP contribution in [0, 0.1) is 0 Å². The van der Waals surface area contributed by atoms with Gasteiger partial charge in [0.05, 0.1) is 18.1 Å². The Morgan fingerprint density at radius 3 is 2.80 bits per heavy atom. The number of nitrogens with zero attached hydrogens (tertiary/aromatic N) is 2. The minimum atomic E-state index is -0.644. The first-order chi connectivity index (χ1) is 12.0. The first kappa shape index (κ1) is 18.0. The monoisotopic (exact) mass is 378 g/mol. The average Bonchev–Trinajstić information content (AvgIpc) is 3.18. The van der Waals surface area contributed by atoms with Gasteiger partial charge in [-0.3, -0.25) is 4.79 Å². The summed E-state index contributed by atoms with van der Waals surface area (Å²) in [5.41, 5.74) is 0.913. The van der Waals surface area contributed by atoms with E-state index in [1.54, 1.807) is 22.7 Å².